The van der Waals surface area contributed by atoms with E-state index in [1.807, 2.05) is 55.5 Å². The van der Waals surface area contributed by atoms with Gasteiger partial charge in [0.1, 0.15) is 17.5 Å². The minimum atomic E-state index is -0.990. The lowest BCUT2D eigenvalue weighted by Crippen LogP contribution is -2.24. The van der Waals surface area contributed by atoms with Gasteiger partial charge in [-0.3, -0.25) is 0 Å². The molecule has 0 amide bonds. The third-order valence-corrected chi connectivity index (χ3v) is 9.40. The number of aromatic nitrogens is 6. The van der Waals surface area contributed by atoms with E-state index >= 15 is 0 Å². The molecule has 15 nitrogen and oxygen atoms in total. The molecule has 12 N–H and O–H groups in total. The van der Waals surface area contributed by atoms with Crippen LogP contribution in [0.15, 0.2) is 60.7 Å². The molecule has 0 spiro atoms. The Balaban J connectivity index is 0.000000196. The molecule has 3 atom stereocenters. The van der Waals surface area contributed by atoms with Crippen molar-refractivity contribution in [3.05, 3.63) is 72.3 Å². The second-order valence-electron chi connectivity index (χ2n) is 14.1. The highest BCUT2D eigenvalue weighted by atomic mass is 19.2. The molecule has 3 heterocycles. The van der Waals surface area contributed by atoms with Gasteiger partial charge in [-0.05, 0) is 49.6 Å². The summed E-state index contributed by atoms with van der Waals surface area (Å²) in [6.45, 7) is 6.38. The van der Waals surface area contributed by atoms with E-state index in [1.165, 1.54) is 0 Å². The van der Waals surface area contributed by atoms with Crippen molar-refractivity contribution in [2.24, 2.45) is 0 Å². The smallest absolute Gasteiger partial charge is 0.222 e. The Labute approximate surface area is 343 Å². The first kappa shape index (κ1) is 45.9. The summed E-state index contributed by atoms with van der Waals surface area (Å²) in [5.41, 5.74) is 18.9. The molecule has 318 valence electrons. The lowest BCUT2D eigenvalue weighted by Gasteiger charge is -2.18. The van der Waals surface area contributed by atoms with Crippen LogP contribution in [0.25, 0.3) is 32.7 Å². The molecular formula is C42H58F2N12O3. The van der Waals surface area contributed by atoms with Crippen LogP contribution in [0.2, 0.25) is 0 Å². The number of nitrogens with one attached hydrogen (secondary N) is 3. The maximum atomic E-state index is 13.4. The first-order chi connectivity index (χ1) is 28.5. The number of unbranched alkanes of at least 4 members (excludes halogenated alkanes) is 3. The number of halogens is 2. The lowest BCUT2D eigenvalue weighted by atomic mass is 10.1. The molecule has 0 unspecified atom stereocenters. The largest absolute Gasteiger partial charge is 0.394 e. The molecule has 6 rings (SSSR count). The summed E-state index contributed by atoms with van der Waals surface area (Å²) in [6, 6.07) is 17.2. The Bertz CT molecular complexity index is 2120. The van der Waals surface area contributed by atoms with Gasteiger partial charge in [-0.2, -0.15) is 15.0 Å². The molecule has 59 heavy (non-hydrogen) atoms. The Morgan fingerprint density at radius 1 is 0.492 bits per heavy atom. The summed E-state index contributed by atoms with van der Waals surface area (Å²) in [5.74, 6) is 0.164. The third kappa shape index (κ3) is 13.7. The van der Waals surface area contributed by atoms with Crippen molar-refractivity contribution in [3.8, 4) is 0 Å². The predicted molar refractivity (Wildman–Crippen MR) is 234 cm³/mol. The van der Waals surface area contributed by atoms with E-state index in [0.717, 1.165) is 91.7 Å². The number of fused-ring (bicyclic) bond motifs is 3. The van der Waals surface area contributed by atoms with Crippen LogP contribution in [-0.4, -0.2) is 83.2 Å². The van der Waals surface area contributed by atoms with Crippen LogP contribution in [-0.2, 0) is 0 Å². The van der Waals surface area contributed by atoms with E-state index in [2.05, 4.69) is 59.7 Å². The summed E-state index contributed by atoms with van der Waals surface area (Å²) in [7, 11) is 0. The van der Waals surface area contributed by atoms with Gasteiger partial charge < -0.3 is 48.5 Å². The Kier molecular flexibility index (Phi) is 18.4. The van der Waals surface area contributed by atoms with Gasteiger partial charge in [0.15, 0.2) is 11.6 Å². The summed E-state index contributed by atoms with van der Waals surface area (Å²) in [5, 5.41) is 40.0. The number of hydrogen-bond donors (Lipinski definition) is 9. The molecule has 0 fully saturated rings. The Morgan fingerprint density at radius 3 is 1.20 bits per heavy atom. The van der Waals surface area contributed by atoms with Crippen LogP contribution in [0.4, 0.5) is 44.1 Å². The quantitative estimate of drug-likeness (QED) is 0.0432. The Morgan fingerprint density at radius 2 is 0.831 bits per heavy atom. The Hall–Kier alpha value is -5.78. The molecule has 0 aliphatic rings. The molecule has 0 aliphatic carbocycles. The van der Waals surface area contributed by atoms with Gasteiger partial charge in [0.25, 0.3) is 0 Å². The van der Waals surface area contributed by atoms with Crippen molar-refractivity contribution in [1.29, 1.82) is 0 Å². The number of aliphatic hydroxyl groups excluding tert-OH is 3. The van der Waals surface area contributed by atoms with Crippen LogP contribution in [0.3, 0.4) is 0 Å². The zero-order chi connectivity index (χ0) is 42.7. The minimum Gasteiger partial charge on any atom is -0.394 e. The number of para-hydroxylation sites is 2. The second-order valence-corrected chi connectivity index (χ2v) is 14.1. The van der Waals surface area contributed by atoms with Gasteiger partial charge in [0.2, 0.25) is 17.8 Å². The van der Waals surface area contributed by atoms with E-state index in [-0.39, 0.29) is 61.3 Å². The molecule has 17 heteroatoms. The molecular weight excluding hydrogens is 759 g/mol. The number of benzene rings is 3. The monoisotopic (exact) mass is 816 g/mol. The van der Waals surface area contributed by atoms with Crippen molar-refractivity contribution in [2.75, 3.05) is 53.0 Å². The summed E-state index contributed by atoms with van der Waals surface area (Å²) >= 11 is 0. The number of nitrogens with zero attached hydrogens (tertiary/aromatic N) is 6. The SMILES string of the molecule is CCCC[C@@H](CO)Nc1nc(N)nc2ccccc12.CCCC[C@H](CO)Nc1nc(N)nc2cc(F)c(F)cc12.CCCC[C@H](CO)Nc1nc(N)nc2ccccc12. The average Bonchev–Trinajstić information content (AvgIpc) is 3.23. The molecule has 0 radical (unpaired) electrons. The highest BCUT2D eigenvalue weighted by molar-refractivity contribution is 5.91. The molecule has 0 saturated heterocycles. The fourth-order valence-corrected chi connectivity index (χ4v) is 6.22. The number of hydrogen-bond acceptors (Lipinski definition) is 15. The molecule has 3 aromatic carbocycles. The lowest BCUT2D eigenvalue weighted by molar-refractivity contribution is 0.267. The number of anilines is 6. The van der Waals surface area contributed by atoms with Crippen molar-refractivity contribution in [1.82, 2.24) is 29.9 Å². The normalized spacial score (nSPS) is 12.5. The van der Waals surface area contributed by atoms with Crippen molar-refractivity contribution >= 4 is 68.0 Å². The van der Waals surface area contributed by atoms with Crippen molar-refractivity contribution < 1.29 is 24.1 Å². The number of nitrogens with two attached hydrogens (primary N) is 3. The summed E-state index contributed by atoms with van der Waals surface area (Å²) in [6.07, 6.45) is 8.81. The average molecular weight is 817 g/mol. The van der Waals surface area contributed by atoms with Crippen molar-refractivity contribution in [2.45, 2.75) is 96.7 Å². The van der Waals surface area contributed by atoms with Gasteiger partial charge in [0.05, 0.1) is 54.5 Å². The molecule has 0 saturated carbocycles. The van der Waals surface area contributed by atoms with Gasteiger partial charge in [-0.25, -0.2) is 23.7 Å². The van der Waals surface area contributed by atoms with Crippen molar-refractivity contribution in [3.63, 3.8) is 0 Å². The standard InChI is InChI=1S/C14H18F2N4O.2C14H20N4O/c1-2-3-4-8(7-21)18-13-9-5-10(15)11(16)6-12(9)19-14(17)20-13;2*1-2-3-6-10(9-19)16-13-11-7-4-5-8-12(11)17-14(15)18-13/h5-6,8,21H,2-4,7H2,1H3,(H3,17,18,19,20);2*4-5,7-8,10,19H,2-3,6,9H2,1H3,(H3,15,16,17,18)/t8-;2*10-/m110/s1. The fraction of sp³-hybridized carbons (Fsp3) is 0.429. The van der Waals surface area contributed by atoms with E-state index in [0.29, 0.717) is 22.8 Å². The summed E-state index contributed by atoms with van der Waals surface area (Å²) < 4.78 is 26.7. The van der Waals surface area contributed by atoms with Crippen LogP contribution in [0, 0.1) is 11.6 Å². The second kappa shape index (κ2) is 23.6. The fourth-order valence-electron chi connectivity index (χ4n) is 6.22. The third-order valence-electron chi connectivity index (χ3n) is 9.40. The van der Waals surface area contributed by atoms with Gasteiger partial charge >= 0.3 is 0 Å². The van der Waals surface area contributed by atoms with E-state index < -0.39 is 11.6 Å². The van der Waals surface area contributed by atoms with Crippen LogP contribution in [0.5, 0.6) is 0 Å². The maximum absolute atomic E-state index is 13.4. The van der Waals surface area contributed by atoms with Gasteiger partial charge in [-0.15, -0.1) is 0 Å². The van der Waals surface area contributed by atoms with E-state index in [1.54, 1.807) is 0 Å². The number of rotatable bonds is 18. The maximum Gasteiger partial charge on any atom is 0.222 e. The molecule has 0 bridgehead atoms. The molecule has 6 aromatic rings. The number of aliphatic hydroxyl groups is 3. The number of nitrogen functional groups attached to an aromatic ring is 3. The van der Waals surface area contributed by atoms with Gasteiger partial charge in [-0.1, -0.05) is 83.6 Å². The zero-order valence-corrected chi connectivity index (χ0v) is 34.0. The first-order valence-electron chi connectivity index (χ1n) is 20.1. The van der Waals surface area contributed by atoms with E-state index in [4.69, 9.17) is 17.2 Å². The zero-order valence-electron chi connectivity index (χ0n) is 34.0. The van der Waals surface area contributed by atoms with E-state index in [9.17, 15) is 24.1 Å². The predicted octanol–water partition coefficient (Wildman–Crippen LogP) is 6.80. The summed E-state index contributed by atoms with van der Waals surface area (Å²) in [4.78, 5) is 24.8. The highest BCUT2D eigenvalue weighted by Gasteiger charge is 2.16. The topological polar surface area (TPSA) is 252 Å². The first-order valence-corrected chi connectivity index (χ1v) is 20.1. The highest BCUT2D eigenvalue weighted by Crippen LogP contribution is 2.26. The molecule has 0 aliphatic heterocycles. The van der Waals surface area contributed by atoms with Crippen LogP contribution >= 0.6 is 0 Å². The molecule has 3 aromatic heterocycles. The van der Waals surface area contributed by atoms with Crippen LogP contribution in [0.1, 0.15) is 78.6 Å². The minimum absolute atomic E-state index is 0.00217. The van der Waals surface area contributed by atoms with Crippen LogP contribution < -0.4 is 33.2 Å². The van der Waals surface area contributed by atoms with Gasteiger partial charge in [0, 0.05) is 22.2 Å².